The van der Waals surface area contributed by atoms with Crippen LogP contribution in [0.25, 0.3) is 5.69 Å². The first-order valence-corrected chi connectivity index (χ1v) is 5.79. The first-order chi connectivity index (χ1) is 8.66. The average molecular weight is 244 g/mol. The molecule has 0 unspecified atom stereocenters. The minimum atomic E-state index is -0.492. The van der Waals surface area contributed by atoms with Crippen LogP contribution in [-0.4, -0.2) is 21.7 Å². The lowest BCUT2D eigenvalue weighted by Gasteiger charge is -2.05. The number of benzene rings is 1. The molecule has 1 aromatic heterocycles. The Morgan fingerprint density at radius 3 is 2.83 bits per heavy atom. The third-order valence-corrected chi connectivity index (χ3v) is 2.54. The first-order valence-electron chi connectivity index (χ1n) is 5.79. The summed E-state index contributed by atoms with van der Waals surface area (Å²) >= 11 is 0. The summed E-state index contributed by atoms with van der Waals surface area (Å²) in [7, 11) is 0. The third kappa shape index (κ3) is 2.95. The van der Waals surface area contributed by atoms with E-state index in [1.165, 1.54) is 0 Å². The average Bonchev–Trinajstić information content (AvgIpc) is 2.85. The highest BCUT2D eigenvalue weighted by molar-refractivity contribution is 5.80. The highest BCUT2D eigenvalue weighted by Crippen LogP contribution is 2.07. The van der Waals surface area contributed by atoms with E-state index in [0.29, 0.717) is 6.54 Å². The second-order valence-electron chi connectivity index (χ2n) is 4.14. The zero-order valence-electron chi connectivity index (χ0n) is 10.2. The van der Waals surface area contributed by atoms with Crippen LogP contribution < -0.4 is 11.1 Å². The third-order valence-electron chi connectivity index (χ3n) is 2.54. The zero-order chi connectivity index (χ0) is 13.0. The van der Waals surface area contributed by atoms with Crippen molar-refractivity contribution in [3.63, 3.8) is 0 Å². The van der Waals surface area contributed by atoms with E-state index in [1.54, 1.807) is 17.8 Å². The molecule has 0 saturated heterocycles. The van der Waals surface area contributed by atoms with Gasteiger partial charge in [0.1, 0.15) is 0 Å². The van der Waals surface area contributed by atoms with Crippen LogP contribution in [0.5, 0.6) is 0 Å². The number of carbonyl (C=O) groups excluding carboxylic acids is 1. The van der Waals surface area contributed by atoms with Crippen molar-refractivity contribution in [2.45, 2.75) is 19.5 Å². The Labute approximate surface area is 106 Å². The van der Waals surface area contributed by atoms with Gasteiger partial charge < -0.3 is 11.1 Å². The van der Waals surface area contributed by atoms with Crippen molar-refractivity contribution in [3.8, 4) is 5.69 Å². The summed E-state index contributed by atoms with van der Waals surface area (Å²) < 4.78 is 1.77. The van der Waals surface area contributed by atoms with E-state index in [1.807, 2.05) is 36.5 Å². The maximum absolute atomic E-state index is 11.3. The monoisotopic (exact) mass is 244 g/mol. The van der Waals surface area contributed by atoms with Gasteiger partial charge in [-0.25, -0.2) is 4.68 Å². The Morgan fingerprint density at radius 2 is 2.17 bits per heavy atom. The van der Waals surface area contributed by atoms with Gasteiger partial charge in [0.05, 0.1) is 17.9 Å². The van der Waals surface area contributed by atoms with Gasteiger partial charge in [0.15, 0.2) is 0 Å². The topological polar surface area (TPSA) is 72.9 Å². The lowest BCUT2D eigenvalue weighted by Crippen LogP contribution is -2.37. The second-order valence-corrected chi connectivity index (χ2v) is 4.14. The van der Waals surface area contributed by atoms with Crippen molar-refractivity contribution >= 4 is 5.91 Å². The molecular formula is C13H16N4O. The fraction of sp³-hybridized carbons (Fsp3) is 0.231. The maximum atomic E-state index is 11.3. The zero-order valence-corrected chi connectivity index (χ0v) is 10.2. The van der Waals surface area contributed by atoms with Crippen LogP contribution in [0.15, 0.2) is 42.7 Å². The molecule has 1 aromatic carbocycles. The molecule has 5 nitrogen and oxygen atoms in total. The second kappa shape index (κ2) is 5.46. The number of aromatic nitrogens is 2. The molecule has 1 atom stereocenters. The van der Waals surface area contributed by atoms with E-state index in [9.17, 15) is 4.79 Å². The molecule has 0 saturated carbocycles. The maximum Gasteiger partial charge on any atom is 0.236 e. The normalized spacial score (nSPS) is 12.1. The Balaban J connectivity index is 2.01. The summed E-state index contributed by atoms with van der Waals surface area (Å²) in [6, 6.07) is 9.31. The van der Waals surface area contributed by atoms with Crippen LogP contribution in [0, 0.1) is 0 Å². The molecule has 94 valence electrons. The summed E-state index contributed by atoms with van der Waals surface area (Å²) in [5, 5.41) is 6.99. The number of hydrogen-bond donors (Lipinski definition) is 2. The van der Waals surface area contributed by atoms with E-state index >= 15 is 0 Å². The number of nitrogens with zero attached hydrogens (tertiary/aromatic N) is 2. The summed E-state index contributed by atoms with van der Waals surface area (Å²) in [6.45, 7) is 2.09. The van der Waals surface area contributed by atoms with Crippen molar-refractivity contribution in [1.82, 2.24) is 15.1 Å². The van der Waals surface area contributed by atoms with E-state index in [2.05, 4.69) is 10.4 Å². The van der Waals surface area contributed by atoms with E-state index in [-0.39, 0.29) is 5.91 Å². The number of para-hydroxylation sites is 1. The van der Waals surface area contributed by atoms with E-state index in [0.717, 1.165) is 11.3 Å². The van der Waals surface area contributed by atoms with Gasteiger partial charge in [-0.15, -0.1) is 0 Å². The molecule has 0 spiro atoms. The fourth-order valence-corrected chi connectivity index (χ4v) is 1.52. The van der Waals surface area contributed by atoms with Gasteiger partial charge in [-0.3, -0.25) is 4.79 Å². The largest absolute Gasteiger partial charge is 0.351 e. The molecule has 2 aromatic rings. The van der Waals surface area contributed by atoms with E-state index < -0.39 is 6.04 Å². The van der Waals surface area contributed by atoms with Crippen LogP contribution in [0.2, 0.25) is 0 Å². The molecule has 0 bridgehead atoms. The fourth-order valence-electron chi connectivity index (χ4n) is 1.52. The Bertz CT molecular complexity index is 519. The SMILES string of the molecule is C[C@@H](N)C(=O)NCc1cnn(-c2ccccc2)c1. The number of hydrogen-bond acceptors (Lipinski definition) is 3. The number of amides is 1. The molecule has 0 fully saturated rings. The summed E-state index contributed by atoms with van der Waals surface area (Å²) in [6.07, 6.45) is 3.62. The van der Waals surface area contributed by atoms with Crippen LogP contribution >= 0.6 is 0 Å². The van der Waals surface area contributed by atoms with Crippen LogP contribution in [-0.2, 0) is 11.3 Å². The van der Waals surface area contributed by atoms with Crippen molar-refractivity contribution in [3.05, 3.63) is 48.3 Å². The molecular weight excluding hydrogens is 228 g/mol. The van der Waals surface area contributed by atoms with Crippen molar-refractivity contribution < 1.29 is 4.79 Å². The molecule has 1 amide bonds. The lowest BCUT2D eigenvalue weighted by molar-refractivity contribution is -0.122. The van der Waals surface area contributed by atoms with Gasteiger partial charge in [0, 0.05) is 18.3 Å². The Morgan fingerprint density at radius 1 is 1.44 bits per heavy atom. The number of nitrogens with one attached hydrogen (secondary N) is 1. The van der Waals surface area contributed by atoms with Crippen LogP contribution in [0.4, 0.5) is 0 Å². The summed E-state index contributed by atoms with van der Waals surface area (Å²) in [5.41, 5.74) is 7.39. The van der Waals surface area contributed by atoms with Crippen molar-refractivity contribution in [1.29, 1.82) is 0 Å². The predicted octanol–water partition coefficient (Wildman–Crippen LogP) is 0.836. The van der Waals surface area contributed by atoms with Gasteiger partial charge in [-0.2, -0.15) is 5.10 Å². The Kier molecular flexibility index (Phi) is 3.74. The summed E-state index contributed by atoms with van der Waals surface area (Å²) in [4.78, 5) is 11.3. The van der Waals surface area contributed by atoms with Crippen molar-refractivity contribution in [2.24, 2.45) is 5.73 Å². The minimum absolute atomic E-state index is 0.164. The predicted molar refractivity (Wildman–Crippen MR) is 69.1 cm³/mol. The number of nitrogens with two attached hydrogens (primary N) is 1. The Hall–Kier alpha value is -2.14. The number of carbonyl (C=O) groups is 1. The molecule has 0 aliphatic carbocycles. The first kappa shape index (κ1) is 12.3. The molecule has 5 heteroatoms. The highest BCUT2D eigenvalue weighted by atomic mass is 16.2. The quantitative estimate of drug-likeness (QED) is 0.837. The molecule has 2 rings (SSSR count). The van der Waals surface area contributed by atoms with Crippen LogP contribution in [0.1, 0.15) is 12.5 Å². The minimum Gasteiger partial charge on any atom is -0.351 e. The van der Waals surface area contributed by atoms with Crippen LogP contribution in [0.3, 0.4) is 0 Å². The molecule has 1 heterocycles. The molecule has 0 radical (unpaired) electrons. The molecule has 0 aliphatic heterocycles. The molecule has 18 heavy (non-hydrogen) atoms. The van der Waals surface area contributed by atoms with Gasteiger partial charge in [-0.1, -0.05) is 18.2 Å². The van der Waals surface area contributed by atoms with E-state index in [4.69, 9.17) is 5.73 Å². The van der Waals surface area contributed by atoms with Gasteiger partial charge in [-0.05, 0) is 19.1 Å². The molecule has 0 aliphatic rings. The van der Waals surface area contributed by atoms with Gasteiger partial charge in [0.2, 0.25) is 5.91 Å². The number of rotatable bonds is 4. The summed E-state index contributed by atoms with van der Waals surface area (Å²) in [5.74, 6) is -0.164. The highest BCUT2D eigenvalue weighted by Gasteiger charge is 2.07. The molecule has 3 N–H and O–H groups in total. The smallest absolute Gasteiger partial charge is 0.236 e. The van der Waals surface area contributed by atoms with Crippen molar-refractivity contribution in [2.75, 3.05) is 0 Å². The van der Waals surface area contributed by atoms with Gasteiger partial charge in [0.25, 0.3) is 0 Å². The standard InChI is InChI=1S/C13H16N4O/c1-10(14)13(18)15-7-11-8-16-17(9-11)12-5-3-2-4-6-12/h2-6,8-10H,7,14H2,1H3,(H,15,18)/t10-/m1/s1. The van der Waals surface area contributed by atoms with Gasteiger partial charge >= 0.3 is 0 Å². The lowest BCUT2D eigenvalue weighted by atomic mass is 10.3.